The normalized spacial score (nSPS) is 18.9. The SMILES string of the molecule is O=C1/C(=C/c2ccc([N+](=O)[O-])cc2)C2(CCN(Cc3cccc4ccccc34)CC2)/C1=C\c1ccc([N+](=O)[O-])cc1.O=C1/C(=C/c2ccc([N+](=O)[O-])cc2)C2(CCN(S(=O)(=O)c3ccccc3)CC2)/C1=C\c1ccc([N+](=O)[O-])cc1. The Morgan fingerprint density at radius 3 is 1.14 bits per heavy atom. The van der Waals surface area contributed by atoms with Gasteiger partial charge in [-0.1, -0.05) is 60.7 Å². The van der Waals surface area contributed by atoms with Gasteiger partial charge in [0.05, 0.1) is 24.6 Å². The fraction of sp³-hybridized carbons (Fsp3) is 0.180. The summed E-state index contributed by atoms with van der Waals surface area (Å²) >= 11 is 0. The maximum absolute atomic E-state index is 13.5. The van der Waals surface area contributed by atoms with E-state index in [0.29, 0.717) is 46.3 Å². The number of allylic oxidation sites excluding steroid dienone is 4. The molecule has 11 rings (SSSR count). The third kappa shape index (κ3) is 10.6. The fourth-order valence-electron chi connectivity index (χ4n) is 11.3. The van der Waals surface area contributed by atoms with Crippen LogP contribution in [0.2, 0.25) is 0 Å². The summed E-state index contributed by atoms with van der Waals surface area (Å²) in [5.74, 6) is -0.254. The van der Waals surface area contributed by atoms with Crippen LogP contribution < -0.4 is 0 Å². The molecule has 4 fully saturated rings. The minimum Gasteiger partial charge on any atom is -0.299 e. The lowest BCUT2D eigenvalue weighted by Gasteiger charge is -2.51. The van der Waals surface area contributed by atoms with Crippen molar-refractivity contribution < 1.29 is 37.7 Å². The second-order valence-electron chi connectivity index (χ2n) is 20.1. The number of hydrogen-bond acceptors (Lipinski definition) is 13. The van der Waals surface area contributed by atoms with Crippen LogP contribution in [0.3, 0.4) is 0 Å². The molecule has 0 atom stereocenters. The zero-order valence-electron chi connectivity index (χ0n) is 42.8. The summed E-state index contributed by atoms with van der Waals surface area (Å²) in [4.78, 5) is 71.9. The van der Waals surface area contributed by atoms with Crippen LogP contribution in [0.4, 0.5) is 22.7 Å². The molecule has 0 amide bonds. The second kappa shape index (κ2) is 22.1. The number of fused-ring (bicyclic) bond motifs is 1. The molecule has 4 aliphatic rings. The van der Waals surface area contributed by atoms with Gasteiger partial charge in [-0.15, -0.1) is 0 Å². The molecule has 7 aromatic carbocycles. The predicted molar refractivity (Wildman–Crippen MR) is 302 cm³/mol. The summed E-state index contributed by atoms with van der Waals surface area (Å²) in [7, 11) is -3.71. The summed E-state index contributed by atoms with van der Waals surface area (Å²) in [6.07, 6.45) is 9.37. The zero-order chi connectivity index (χ0) is 56.3. The van der Waals surface area contributed by atoms with Gasteiger partial charge < -0.3 is 0 Å². The van der Waals surface area contributed by atoms with Gasteiger partial charge in [0, 0.05) is 101 Å². The molecule has 19 heteroatoms. The maximum Gasteiger partial charge on any atom is 0.269 e. The number of rotatable bonds is 12. The summed E-state index contributed by atoms with van der Waals surface area (Å²) in [6.45, 7) is 2.80. The lowest BCUT2D eigenvalue weighted by Crippen LogP contribution is -2.52. The van der Waals surface area contributed by atoms with Crippen LogP contribution in [-0.2, 0) is 26.2 Å². The summed E-state index contributed by atoms with van der Waals surface area (Å²) in [5, 5.41) is 46.7. The Bertz CT molecular complexity index is 3700. The molecule has 2 saturated heterocycles. The highest BCUT2D eigenvalue weighted by Crippen LogP contribution is 2.58. The molecule has 18 nitrogen and oxygen atoms in total. The molecule has 0 N–H and O–H groups in total. The number of carbonyl (C=O) groups excluding carboxylic acids is 2. The van der Waals surface area contributed by atoms with E-state index >= 15 is 0 Å². The number of nitro groups is 4. The number of carbonyl (C=O) groups is 2. The van der Waals surface area contributed by atoms with Crippen molar-refractivity contribution in [2.75, 3.05) is 26.2 Å². The predicted octanol–water partition coefficient (Wildman–Crippen LogP) is 12.0. The van der Waals surface area contributed by atoms with E-state index in [4.69, 9.17) is 0 Å². The van der Waals surface area contributed by atoms with Crippen LogP contribution >= 0.6 is 0 Å². The van der Waals surface area contributed by atoms with E-state index in [-0.39, 0.29) is 52.3 Å². The number of hydrogen-bond donors (Lipinski definition) is 0. The molecular formula is C61H50N6O12S. The van der Waals surface area contributed by atoms with Crippen molar-refractivity contribution in [1.82, 2.24) is 9.21 Å². The van der Waals surface area contributed by atoms with Gasteiger partial charge in [-0.05, 0) is 162 Å². The second-order valence-corrected chi connectivity index (χ2v) is 22.0. The molecule has 2 saturated carbocycles. The van der Waals surface area contributed by atoms with E-state index in [2.05, 4.69) is 41.3 Å². The van der Waals surface area contributed by atoms with E-state index < -0.39 is 40.5 Å². The summed E-state index contributed by atoms with van der Waals surface area (Å²) < 4.78 is 27.8. The summed E-state index contributed by atoms with van der Waals surface area (Å²) in [6, 6.07) is 47.1. The number of nitrogens with zero attached hydrogens (tertiary/aromatic N) is 6. The number of nitro benzene ring substituents is 4. The van der Waals surface area contributed by atoms with E-state index in [0.717, 1.165) is 43.6 Å². The molecule has 2 heterocycles. The minimum absolute atomic E-state index is 0.00213. The third-order valence-electron chi connectivity index (χ3n) is 15.6. The Labute approximate surface area is 459 Å². The first kappa shape index (κ1) is 53.9. The van der Waals surface area contributed by atoms with E-state index in [1.807, 2.05) is 18.2 Å². The Kier molecular flexibility index (Phi) is 14.9. The van der Waals surface area contributed by atoms with Crippen molar-refractivity contribution in [3.63, 3.8) is 0 Å². The zero-order valence-corrected chi connectivity index (χ0v) is 43.6. The Morgan fingerprint density at radius 2 is 0.762 bits per heavy atom. The van der Waals surface area contributed by atoms with Crippen LogP contribution in [0.25, 0.3) is 35.1 Å². The lowest BCUT2D eigenvalue weighted by molar-refractivity contribution is -0.385. The van der Waals surface area contributed by atoms with E-state index in [9.17, 15) is 58.5 Å². The van der Waals surface area contributed by atoms with Gasteiger partial charge in [0.1, 0.15) is 0 Å². The number of benzene rings is 7. The lowest BCUT2D eigenvalue weighted by atomic mass is 9.54. The number of non-ortho nitro benzene ring substituents is 4. The van der Waals surface area contributed by atoms with Crippen molar-refractivity contribution in [3.05, 3.63) is 260 Å². The first-order valence-electron chi connectivity index (χ1n) is 25.7. The quantitative estimate of drug-likeness (QED) is 0.0628. The average Bonchev–Trinajstić information content (AvgIpc) is 3.48. The molecule has 80 heavy (non-hydrogen) atoms. The van der Waals surface area contributed by atoms with Crippen molar-refractivity contribution in [2.45, 2.75) is 37.1 Å². The van der Waals surface area contributed by atoms with Crippen molar-refractivity contribution >= 4 is 79.4 Å². The van der Waals surface area contributed by atoms with Gasteiger partial charge in [0.25, 0.3) is 22.7 Å². The average molecular weight is 1090 g/mol. The van der Waals surface area contributed by atoms with E-state index in [1.165, 1.54) is 69.2 Å². The van der Waals surface area contributed by atoms with Crippen molar-refractivity contribution in [1.29, 1.82) is 0 Å². The molecule has 0 unspecified atom stereocenters. The van der Waals surface area contributed by atoms with E-state index in [1.54, 1.807) is 91.0 Å². The molecule has 402 valence electrons. The smallest absolute Gasteiger partial charge is 0.269 e. The van der Waals surface area contributed by atoms with Gasteiger partial charge in [-0.3, -0.25) is 54.9 Å². The number of ketones is 2. The van der Waals surface area contributed by atoms with Crippen LogP contribution in [-0.4, -0.2) is 75.1 Å². The fourth-order valence-corrected chi connectivity index (χ4v) is 12.7. The molecule has 0 aromatic heterocycles. The van der Waals surface area contributed by atoms with Gasteiger partial charge in [0.15, 0.2) is 11.6 Å². The highest BCUT2D eigenvalue weighted by atomic mass is 32.2. The van der Waals surface area contributed by atoms with Crippen molar-refractivity contribution in [3.8, 4) is 0 Å². The molecular weight excluding hydrogens is 1040 g/mol. The monoisotopic (exact) mass is 1090 g/mol. The number of Topliss-reactive ketones (excluding diaryl/α,β-unsaturated/α-hetero) is 2. The highest BCUT2D eigenvalue weighted by molar-refractivity contribution is 7.89. The standard InChI is InChI=1S/C33H27N3O5.C28H23N3O7S/c37-32-30(20-23-8-12-27(13-9-23)35(38)39)33(31(32)21-24-10-14-28(15-11-24)36(40)41)16-18-34(19-17-33)22-26-6-3-5-25-4-1-2-7-29(25)26;32-27-25(18-20-6-10-22(11-7-20)30(33)34)28(26(27)19-21-8-12-23(13-9-21)31(35)36)14-16-29(17-15-28)39(37,38)24-4-2-1-3-5-24/h1-15,20-21H,16-19,22H2;1-13,18-19H,14-17H2/b30-20-,31-21-;25-18-,26-19-. The van der Waals surface area contributed by atoms with Gasteiger partial charge >= 0.3 is 0 Å². The van der Waals surface area contributed by atoms with Gasteiger partial charge in [0.2, 0.25) is 10.0 Å². The van der Waals surface area contributed by atoms with Crippen LogP contribution in [0.15, 0.2) is 197 Å². The number of likely N-dealkylation sites (tertiary alicyclic amines) is 1. The molecule has 2 aliphatic heterocycles. The number of sulfonamides is 1. The first-order chi connectivity index (χ1) is 38.5. The first-order valence-corrected chi connectivity index (χ1v) is 27.1. The Balaban J connectivity index is 0.000000180. The molecule has 2 aliphatic carbocycles. The largest absolute Gasteiger partial charge is 0.299 e. The minimum atomic E-state index is -3.71. The number of piperidine rings is 2. The van der Waals surface area contributed by atoms with Crippen LogP contribution in [0, 0.1) is 51.3 Å². The van der Waals surface area contributed by atoms with Gasteiger partial charge in [-0.25, -0.2) is 8.42 Å². The summed E-state index contributed by atoms with van der Waals surface area (Å²) in [5.41, 5.74) is 5.16. The van der Waals surface area contributed by atoms with Gasteiger partial charge in [-0.2, -0.15) is 4.31 Å². The highest BCUT2D eigenvalue weighted by Gasteiger charge is 2.56. The van der Waals surface area contributed by atoms with Crippen LogP contribution in [0.5, 0.6) is 0 Å². The molecule has 7 aromatic rings. The van der Waals surface area contributed by atoms with Crippen LogP contribution in [0.1, 0.15) is 53.5 Å². The Morgan fingerprint density at radius 1 is 0.425 bits per heavy atom. The maximum atomic E-state index is 13.5. The molecule has 2 spiro atoms. The topological polar surface area (TPSA) is 247 Å². The van der Waals surface area contributed by atoms with Crippen molar-refractivity contribution in [2.24, 2.45) is 10.8 Å². The molecule has 0 radical (unpaired) electrons. The molecule has 0 bridgehead atoms. The Hall–Kier alpha value is -9.43. The third-order valence-corrected chi connectivity index (χ3v) is 17.6.